The standard InChI is InChI=1S/C16H23NO4/c1-19-13-9-15(21-3)14(20-2)8-12(13)10-17-16(18)11-6-4-5-7-11/h8-9,11H,4-7,10H2,1-3H3,(H,17,18). The normalized spacial score (nSPS) is 14.8. The summed E-state index contributed by atoms with van der Waals surface area (Å²) in [5.74, 6) is 2.21. The second-order valence-corrected chi connectivity index (χ2v) is 5.22. The van der Waals surface area contributed by atoms with Crippen LogP contribution in [0.1, 0.15) is 31.2 Å². The van der Waals surface area contributed by atoms with E-state index in [1.54, 1.807) is 27.4 Å². The van der Waals surface area contributed by atoms with Crippen molar-refractivity contribution in [2.24, 2.45) is 5.92 Å². The van der Waals surface area contributed by atoms with Gasteiger partial charge < -0.3 is 19.5 Å². The van der Waals surface area contributed by atoms with E-state index in [1.165, 1.54) is 0 Å². The summed E-state index contributed by atoms with van der Waals surface area (Å²) in [4.78, 5) is 12.1. The lowest BCUT2D eigenvalue weighted by Crippen LogP contribution is -2.28. The molecule has 21 heavy (non-hydrogen) atoms. The van der Waals surface area contributed by atoms with Gasteiger partial charge >= 0.3 is 0 Å². The van der Waals surface area contributed by atoms with Crippen molar-refractivity contribution in [3.05, 3.63) is 17.7 Å². The number of carbonyl (C=O) groups is 1. The number of nitrogens with one attached hydrogen (secondary N) is 1. The average Bonchev–Trinajstić information content (AvgIpc) is 3.06. The van der Waals surface area contributed by atoms with Crippen LogP contribution < -0.4 is 19.5 Å². The van der Waals surface area contributed by atoms with E-state index in [4.69, 9.17) is 14.2 Å². The third-order valence-corrected chi connectivity index (χ3v) is 3.97. The summed E-state index contributed by atoms with van der Waals surface area (Å²) in [5.41, 5.74) is 0.876. The predicted octanol–water partition coefficient (Wildman–Crippen LogP) is 2.52. The molecule has 0 bridgehead atoms. The van der Waals surface area contributed by atoms with Gasteiger partial charge in [0, 0.05) is 24.1 Å². The molecule has 0 unspecified atom stereocenters. The summed E-state index contributed by atoms with van der Waals surface area (Å²) in [7, 11) is 4.77. The highest BCUT2D eigenvalue weighted by Gasteiger charge is 2.22. The molecule has 1 saturated carbocycles. The summed E-state index contributed by atoms with van der Waals surface area (Å²) in [5, 5.41) is 2.99. The molecular formula is C16H23NO4. The summed E-state index contributed by atoms with van der Waals surface area (Å²) < 4.78 is 15.9. The second kappa shape index (κ2) is 7.20. The van der Waals surface area contributed by atoms with Crippen LogP contribution in [0, 0.1) is 5.92 Å². The topological polar surface area (TPSA) is 56.8 Å². The third-order valence-electron chi connectivity index (χ3n) is 3.97. The second-order valence-electron chi connectivity index (χ2n) is 5.22. The molecule has 1 aliphatic rings. The maximum Gasteiger partial charge on any atom is 0.223 e. The lowest BCUT2D eigenvalue weighted by molar-refractivity contribution is -0.124. The number of benzene rings is 1. The number of carbonyl (C=O) groups excluding carboxylic acids is 1. The van der Waals surface area contributed by atoms with Gasteiger partial charge in [-0.1, -0.05) is 12.8 Å². The highest BCUT2D eigenvalue weighted by atomic mass is 16.5. The summed E-state index contributed by atoms with van der Waals surface area (Å²) in [6, 6.07) is 3.61. The van der Waals surface area contributed by atoms with Gasteiger partial charge in [0.25, 0.3) is 0 Å². The van der Waals surface area contributed by atoms with Crippen molar-refractivity contribution in [2.75, 3.05) is 21.3 Å². The lowest BCUT2D eigenvalue weighted by Gasteiger charge is -2.15. The molecule has 0 aliphatic heterocycles. The molecule has 2 rings (SSSR count). The van der Waals surface area contributed by atoms with E-state index in [0.717, 1.165) is 31.2 Å². The zero-order chi connectivity index (χ0) is 15.2. The van der Waals surface area contributed by atoms with E-state index >= 15 is 0 Å². The van der Waals surface area contributed by atoms with E-state index in [9.17, 15) is 4.79 Å². The maximum absolute atomic E-state index is 12.1. The Balaban J connectivity index is 2.09. The van der Waals surface area contributed by atoms with Crippen LogP contribution in [-0.2, 0) is 11.3 Å². The van der Waals surface area contributed by atoms with Crippen LogP contribution in [0.3, 0.4) is 0 Å². The van der Waals surface area contributed by atoms with Gasteiger partial charge in [0.15, 0.2) is 11.5 Å². The third kappa shape index (κ3) is 3.60. The van der Waals surface area contributed by atoms with Crippen molar-refractivity contribution in [3.63, 3.8) is 0 Å². The van der Waals surface area contributed by atoms with Crippen molar-refractivity contribution < 1.29 is 19.0 Å². The molecule has 0 radical (unpaired) electrons. The molecule has 1 aliphatic carbocycles. The molecule has 0 heterocycles. The van der Waals surface area contributed by atoms with Crippen molar-refractivity contribution in [3.8, 4) is 17.2 Å². The summed E-state index contributed by atoms with van der Waals surface area (Å²) >= 11 is 0. The first-order chi connectivity index (χ1) is 10.2. The number of ether oxygens (including phenoxy) is 3. The van der Waals surface area contributed by atoms with Gasteiger partial charge in [0.1, 0.15) is 5.75 Å². The first-order valence-electron chi connectivity index (χ1n) is 7.26. The Hall–Kier alpha value is -1.91. The maximum atomic E-state index is 12.1. The fourth-order valence-corrected chi connectivity index (χ4v) is 2.75. The molecule has 0 spiro atoms. The van der Waals surface area contributed by atoms with Gasteiger partial charge in [0.05, 0.1) is 21.3 Å². The Labute approximate surface area is 125 Å². The molecule has 1 aromatic rings. The lowest BCUT2D eigenvalue weighted by atomic mass is 10.1. The Kier molecular flexibility index (Phi) is 5.31. The van der Waals surface area contributed by atoms with Crippen LogP contribution in [0.15, 0.2) is 12.1 Å². The molecule has 116 valence electrons. The molecule has 5 heteroatoms. The Morgan fingerprint density at radius 1 is 1.05 bits per heavy atom. The van der Waals surface area contributed by atoms with Crippen LogP contribution >= 0.6 is 0 Å². The highest BCUT2D eigenvalue weighted by Crippen LogP contribution is 2.34. The van der Waals surface area contributed by atoms with Gasteiger partial charge in [-0.15, -0.1) is 0 Å². The van der Waals surface area contributed by atoms with Gasteiger partial charge in [0.2, 0.25) is 5.91 Å². The summed E-state index contributed by atoms with van der Waals surface area (Å²) in [6.07, 6.45) is 4.29. The molecule has 1 amide bonds. The average molecular weight is 293 g/mol. The molecule has 1 aromatic carbocycles. The quantitative estimate of drug-likeness (QED) is 0.875. The largest absolute Gasteiger partial charge is 0.496 e. The van der Waals surface area contributed by atoms with Crippen LogP contribution in [0.25, 0.3) is 0 Å². The van der Waals surface area contributed by atoms with Gasteiger partial charge in [-0.25, -0.2) is 0 Å². The Morgan fingerprint density at radius 3 is 2.19 bits per heavy atom. The van der Waals surface area contributed by atoms with Gasteiger partial charge in [-0.3, -0.25) is 4.79 Å². The number of hydrogen-bond donors (Lipinski definition) is 1. The number of methoxy groups -OCH3 is 3. The zero-order valence-corrected chi connectivity index (χ0v) is 12.9. The molecule has 0 aromatic heterocycles. The molecule has 5 nitrogen and oxygen atoms in total. The van der Waals surface area contributed by atoms with Gasteiger partial charge in [-0.2, -0.15) is 0 Å². The molecule has 1 N–H and O–H groups in total. The number of amides is 1. The van der Waals surface area contributed by atoms with Crippen molar-refractivity contribution in [1.82, 2.24) is 5.32 Å². The Morgan fingerprint density at radius 2 is 1.62 bits per heavy atom. The van der Waals surface area contributed by atoms with Crippen LogP contribution in [0.4, 0.5) is 0 Å². The summed E-state index contributed by atoms with van der Waals surface area (Å²) in [6.45, 7) is 0.429. The Bertz CT molecular complexity index is 495. The van der Waals surface area contributed by atoms with Crippen LogP contribution in [-0.4, -0.2) is 27.2 Å². The van der Waals surface area contributed by atoms with Crippen molar-refractivity contribution in [1.29, 1.82) is 0 Å². The van der Waals surface area contributed by atoms with Crippen molar-refractivity contribution >= 4 is 5.91 Å². The highest BCUT2D eigenvalue weighted by molar-refractivity contribution is 5.79. The van der Waals surface area contributed by atoms with E-state index in [2.05, 4.69) is 5.32 Å². The van der Waals surface area contributed by atoms with Crippen LogP contribution in [0.2, 0.25) is 0 Å². The number of rotatable bonds is 6. The first kappa shape index (κ1) is 15.5. The molecule has 0 saturated heterocycles. The van der Waals surface area contributed by atoms with E-state index < -0.39 is 0 Å². The van der Waals surface area contributed by atoms with Crippen molar-refractivity contribution in [2.45, 2.75) is 32.2 Å². The molecule has 1 fully saturated rings. The minimum atomic E-state index is 0.129. The zero-order valence-electron chi connectivity index (χ0n) is 12.9. The monoisotopic (exact) mass is 293 g/mol. The van der Waals surface area contributed by atoms with E-state index in [0.29, 0.717) is 23.8 Å². The first-order valence-corrected chi connectivity index (χ1v) is 7.26. The SMILES string of the molecule is COc1cc(OC)c(OC)cc1CNC(=O)C1CCCC1. The molecular weight excluding hydrogens is 270 g/mol. The number of hydrogen-bond acceptors (Lipinski definition) is 4. The predicted molar refractivity (Wildman–Crippen MR) is 79.9 cm³/mol. The fraction of sp³-hybridized carbons (Fsp3) is 0.562. The van der Waals surface area contributed by atoms with Gasteiger partial charge in [-0.05, 0) is 18.9 Å². The molecule has 0 atom stereocenters. The fourth-order valence-electron chi connectivity index (χ4n) is 2.75. The minimum Gasteiger partial charge on any atom is -0.496 e. The smallest absolute Gasteiger partial charge is 0.223 e. The van der Waals surface area contributed by atoms with E-state index in [-0.39, 0.29) is 11.8 Å². The van der Waals surface area contributed by atoms with E-state index in [1.807, 2.05) is 6.07 Å². The minimum absolute atomic E-state index is 0.129. The van der Waals surface area contributed by atoms with Crippen LogP contribution in [0.5, 0.6) is 17.2 Å².